The van der Waals surface area contributed by atoms with Crippen LogP contribution in [-0.2, 0) is 9.53 Å². The molecule has 0 saturated carbocycles. The largest absolute Gasteiger partial charge is 0.487 e. The molecule has 1 amide bonds. The molecule has 0 radical (unpaired) electrons. The highest BCUT2D eigenvalue weighted by Gasteiger charge is 2.45. The van der Waals surface area contributed by atoms with Gasteiger partial charge in [-0.1, -0.05) is 5.92 Å². The van der Waals surface area contributed by atoms with Crippen molar-refractivity contribution in [2.75, 3.05) is 56.2 Å². The van der Waals surface area contributed by atoms with Crippen molar-refractivity contribution in [2.45, 2.75) is 24.5 Å². The average molecular weight is 562 g/mol. The van der Waals surface area contributed by atoms with Crippen LogP contribution in [0.4, 0.5) is 26.1 Å². The van der Waals surface area contributed by atoms with Crippen LogP contribution in [0.25, 0.3) is 11.4 Å². The maximum atomic E-state index is 13.8. The van der Waals surface area contributed by atoms with Gasteiger partial charge in [0.2, 0.25) is 5.95 Å². The van der Waals surface area contributed by atoms with Gasteiger partial charge in [0.25, 0.3) is 5.91 Å². The third-order valence-electron chi connectivity index (χ3n) is 7.50. The number of aromatic nitrogens is 3. The van der Waals surface area contributed by atoms with Crippen molar-refractivity contribution in [3.8, 4) is 29.5 Å². The van der Waals surface area contributed by atoms with E-state index in [1.807, 2.05) is 12.1 Å². The number of nitrogens with zero attached hydrogens (tertiary/aromatic N) is 5. The molecule has 3 fully saturated rings. The van der Waals surface area contributed by atoms with Gasteiger partial charge in [-0.3, -0.25) is 9.69 Å². The Hall–Kier alpha value is -4.34. The molecular formula is C29H29F2N7O3. The molecule has 3 aliphatic rings. The molecule has 3 saturated heterocycles. The zero-order valence-electron chi connectivity index (χ0n) is 22.2. The number of alkyl halides is 2. The Morgan fingerprint density at radius 1 is 1.10 bits per heavy atom. The van der Waals surface area contributed by atoms with Crippen molar-refractivity contribution in [1.29, 1.82) is 0 Å². The molecule has 3 aliphatic heterocycles. The van der Waals surface area contributed by atoms with Crippen LogP contribution in [0.15, 0.2) is 48.8 Å². The van der Waals surface area contributed by atoms with Crippen molar-refractivity contribution < 1.29 is 23.0 Å². The topological polar surface area (TPSA) is 105 Å². The lowest BCUT2D eigenvalue weighted by Gasteiger charge is -2.43. The van der Waals surface area contributed by atoms with Gasteiger partial charge in [-0.15, -0.1) is 6.42 Å². The fourth-order valence-electron chi connectivity index (χ4n) is 5.09. The maximum Gasteiger partial charge on any atom is 0.328 e. The van der Waals surface area contributed by atoms with Gasteiger partial charge < -0.3 is 25.0 Å². The summed E-state index contributed by atoms with van der Waals surface area (Å²) < 4.78 is 38.6. The molecule has 12 heteroatoms. The Morgan fingerprint density at radius 3 is 2.56 bits per heavy atom. The fourth-order valence-corrected chi connectivity index (χ4v) is 5.09. The van der Waals surface area contributed by atoms with Crippen LogP contribution in [-0.4, -0.2) is 89.8 Å². The minimum absolute atomic E-state index is 0.0312. The Balaban J connectivity index is 1.10. The SMILES string of the molecule is C#Cc1cc(-c2ncnc(Nc3ccc(N4CCN(C5COC5)CC4)cc3)n2)ccc1OC1CNC(=O)C(F)(F)C1. The number of benzene rings is 2. The van der Waals surface area contributed by atoms with Crippen molar-refractivity contribution in [3.63, 3.8) is 0 Å². The average Bonchev–Trinajstić information content (AvgIpc) is 2.95. The number of halogens is 2. The number of hydrogen-bond donors (Lipinski definition) is 2. The van der Waals surface area contributed by atoms with E-state index in [4.69, 9.17) is 15.9 Å². The first-order chi connectivity index (χ1) is 19.9. The summed E-state index contributed by atoms with van der Waals surface area (Å²) in [5.41, 5.74) is 2.97. The number of ether oxygens (including phenoxy) is 2. The normalized spacial score (nSPS) is 21.0. The molecule has 1 atom stereocenters. The number of carbonyl (C=O) groups is 1. The van der Waals surface area contributed by atoms with Gasteiger partial charge in [-0.2, -0.15) is 13.8 Å². The van der Waals surface area contributed by atoms with E-state index in [0.717, 1.165) is 45.1 Å². The Bertz CT molecular complexity index is 1450. The van der Waals surface area contributed by atoms with E-state index < -0.39 is 24.4 Å². The van der Waals surface area contributed by atoms with Gasteiger partial charge in [0.05, 0.1) is 37.8 Å². The number of nitrogens with one attached hydrogen (secondary N) is 2. The van der Waals surface area contributed by atoms with Crippen LogP contribution in [0.2, 0.25) is 0 Å². The summed E-state index contributed by atoms with van der Waals surface area (Å²) in [5, 5.41) is 5.38. The highest BCUT2D eigenvalue weighted by molar-refractivity contribution is 5.84. The molecule has 4 heterocycles. The highest BCUT2D eigenvalue weighted by atomic mass is 19.3. The van der Waals surface area contributed by atoms with Gasteiger partial charge in [0.1, 0.15) is 18.2 Å². The monoisotopic (exact) mass is 561 g/mol. The Morgan fingerprint density at radius 2 is 1.88 bits per heavy atom. The lowest BCUT2D eigenvalue weighted by molar-refractivity contribution is -0.154. The molecule has 6 rings (SSSR count). The summed E-state index contributed by atoms with van der Waals surface area (Å²) in [6.07, 6.45) is 5.45. The van der Waals surface area contributed by atoms with Gasteiger partial charge in [-0.25, -0.2) is 9.97 Å². The summed E-state index contributed by atoms with van der Waals surface area (Å²) in [6.45, 7) is 5.68. The molecule has 2 aromatic carbocycles. The van der Waals surface area contributed by atoms with Crippen LogP contribution in [0.5, 0.6) is 5.75 Å². The standard InChI is InChI=1S/C29H29F2N7O3/c1-2-19-13-20(3-8-25(19)41-24-14-29(30,31)27(39)32-15-24)26-33-18-34-28(36-26)35-21-4-6-22(7-5-21)37-9-11-38(12-10-37)23-16-40-17-23/h1,3-8,13,18,23-24H,9-12,14-17H2,(H,32,39)(H,33,34,35,36). The maximum absolute atomic E-state index is 13.8. The molecule has 0 aliphatic carbocycles. The van der Waals surface area contributed by atoms with E-state index >= 15 is 0 Å². The fraction of sp³-hybridized carbons (Fsp3) is 0.379. The number of hydrogen-bond acceptors (Lipinski definition) is 9. The molecule has 212 valence electrons. The second-order valence-electron chi connectivity index (χ2n) is 10.2. The minimum Gasteiger partial charge on any atom is -0.487 e. The number of rotatable bonds is 7. The van der Waals surface area contributed by atoms with Crippen molar-refractivity contribution >= 4 is 23.2 Å². The number of piperidine rings is 1. The van der Waals surface area contributed by atoms with E-state index in [1.54, 1.807) is 18.2 Å². The lowest BCUT2D eigenvalue weighted by atomic mass is 10.1. The molecule has 1 aromatic heterocycles. The first-order valence-corrected chi connectivity index (χ1v) is 13.4. The van der Waals surface area contributed by atoms with E-state index in [-0.39, 0.29) is 12.3 Å². The second-order valence-corrected chi connectivity index (χ2v) is 10.2. The van der Waals surface area contributed by atoms with Crippen molar-refractivity contribution in [1.82, 2.24) is 25.2 Å². The molecule has 10 nitrogen and oxygen atoms in total. The van der Waals surface area contributed by atoms with Gasteiger partial charge in [0.15, 0.2) is 5.82 Å². The van der Waals surface area contributed by atoms with Gasteiger partial charge in [0, 0.05) is 43.1 Å². The summed E-state index contributed by atoms with van der Waals surface area (Å²) >= 11 is 0. The third-order valence-corrected chi connectivity index (χ3v) is 7.50. The molecule has 0 spiro atoms. The molecule has 2 N–H and O–H groups in total. The van der Waals surface area contributed by atoms with Crippen molar-refractivity contribution in [2.24, 2.45) is 0 Å². The zero-order chi connectivity index (χ0) is 28.4. The van der Waals surface area contributed by atoms with E-state index in [2.05, 4.69) is 53.4 Å². The van der Waals surface area contributed by atoms with Gasteiger partial charge in [-0.05, 0) is 42.5 Å². The third kappa shape index (κ3) is 5.91. The molecule has 3 aromatic rings. The predicted octanol–water partition coefficient (Wildman–Crippen LogP) is 2.69. The van der Waals surface area contributed by atoms with Crippen LogP contribution in [0, 0.1) is 12.3 Å². The van der Waals surface area contributed by atoms with E-state index in [0.29, 0.717) is 28.9 Å². The van der Waals surface area contributed by atoms with E-state index in [9.17, 15) is 13.6 Å². The summed E-state index contributed by atoms with van der Waals surface area (Å²) in [4.78, 5) is 29.2. The molecular weight excluding hydrogens is 532 g/mol. The number of piperazine rings is 1. The zero-order valence-corrected chi connectivity index (χ0v) is 22.2. The predicted molar refractivity (Wildman–Crippen MR) is 148 cm³/mol. The number of amides is 1. The Labute approximate surface area is 236 Å². The molecule has 41 heavy (non-hydrogen) atoms. The summed E-state index contributed by atoms with van der Waals surface area (Å²) in [7, 11) is 0. The van der Waals surface area contributed by atoms with Crippen LogP contribution >= 0.6 is 0 Å². The first kappa shape index (κ1) is 26.9. The Kier molecular flexibility index (Phi) is 7.38. The number of terminal acetylenes is 1. The summed E-state index contributed by atoms with van der Waals surface area (Å²) in [5.74, 6) is -1.25. The van der Waals surface area contributed by atoms with Crippen LogP contribution in [0.1, 0.15) is 12.0 Å². The summed E-state index contributed by atoms with van der Waals surface area (Å²) in [6, 6.07) is 13.7. The number of carbonyl (C=O) groups excluding carboxylic acids is 1. The minimum atomic E-state index is -3.49. The number of anilines is 3. The van der Waals surface area contributed by atoms with Crippen molar-refractivity contribution in [3.05, 3.63) is 54.4 Å². The lowest BCUT2D eigenvalue weighted by Crippen LogP contribution is -2.56. The van der Waals surface area contributed by atoms with Gasteiger partial charge >= 0.3 is 5.92 Å². The smallest absolute Gasteiger partial charge is 0.328 e. The highest BCUT2D eigenvalue weighted by Crippen LogP contribution is 2.30. The molecule has 0 bridgehead atoms. The van der Waals surface area contributed by atoms with E-state index in [1.165, 1.54) is 12.0 Å². The van der Waals surface area contributed by atoms with Crippen LogP contribution < -0.4 is 20.3 Å². The molecule has 1 unspecified atom stereocenters. The first-order valence-electron chi connectivity index (χ1n) is 13.4. The van der Waals surface area contributed by atoms with Crippen LogP contribution in [0.3, 0.4) is 0 Å². The second kappa shape index (κ2) is 11.3. The quantitative estimate of drug-likeness (QED) is 0.422.